The average Bonchev–Trinajstić information content (AvgIpc) is 2.33. The van der Waals surface area contributed by atoms with Crippen LogP contribution in [0.5, 0.6) is 0 Å². The van der Waals surface area contributed by atoms with E-state index < -0.39 is 0 Å². The van der Waals surface area contributed by atoms with Crippen LogP contribution >= 0.6 is 15.9 Å². The van der Waals surface area contributed by atoms with E-state index in [0.717, 1.165) is 22.9 Å². The minimum Gasteiger partial charge on any atom is -0.352 e. The van der Waals surface area contributed by atoms with Crippen LogP contribution in [0, 0.1) is 5.92 Å². The summed E-state index contributed by atoms with van der Waals surface area (Å²) >= 11 is 3.41. The van der Waals surface area contributed by atoms with E-state index in [-0.39, 0.29) is 11.8 Å². The van der Waals surface area contributed by atoms with Gasteiger partial charge in [-0.2, -0.15) is 0 Å². The van der Waals surface area contributed by atoms with Crippen LogP contribution in [0.3, 0.4) is 0 Å². The highest BCUT2D eigenvalue weighted by molar-refractivity contribution is 9.10. The van der Waals surface area contributed by atoms with Crippen LogP contribution in [-0.4, -0.2) is 12.5 Å². The summed E-state index contributed by atoms with van der Waals surface area (Å²) in [7, 11) is 0. The van der Waals surface area contributed by atoms with Gasteiger partial charge in [0.25, 0.3) is 0 Å². The number of nitrogens with two attached hydrogens (primary N) is 1. The van der Waals surface area contributed by atoms with Gasteiger partial charge in [-0.15, -0.1) is 0 Å². The number of rotatable bonds is 6. The van der Waals surface area contributed by atoms with E-state index in [1.165, 1.54) is 0 Å². The monoisotopic (exact) mass is 298 g/mol. The Hall–Kier alpha value is -0.870. The fraction of sp³-hybridized carbons (Fsp3) is 0.462. The average molecular weight is 299 g/mol. The van der Waals surface area contributed by atoms with Gasteiger partial charge in [-0.3, -0.25) is 4.79 Å². The Labute approximate surface area is 111 Å². The minimum absolute atomic E-state index is 0.0331. The third kappa shape index (κ3) is 5.33. The van der Waals surface area contributed by atoms with Crippen LogP contribution in [0.15, 0.2) is 28.7 Å². The van der Waals surface area contributed by atoms with Crippen molar-refractivity contribution in [3.8, 4) is 0 Å². The van der Waals surface area contributed by atoms with Crippen molar-refractivity contribution in [2.45, 2.75) is 26.3 Å². The second-order valence-electron chi connectivity index (χ2n) is 4.18. The number of hydrogen-bond acceptors (Lipinski definition) is 2. The largest absolute Gasteiger partial charge is 0.352 e. The zero-order valence-electron chi connectivity index (χ0n) is 10.1. The summed E-state index contributed by atoms with van der Waals surface area (Å²) in [5, 5.41) is 2.93. The number of hydrogen-bond donors (Lipinski definition) is 2. The molecule has 17 heavy (non-hydrogen) atoms. The molecule has 1 atom stereocenters. The first kappa shape index (κ1) is 14.2. The van der Waals surface area contributed by atoms with Gasteiger partial charge in [-0.25, -0.2) is 0 Å². The van der Waals surface area contributed by atoms with Crippen molar-refractivity contribution in [1.82, 2.24) is 5.32 Å². The molecule has 0 spiro atoms. The van der Waals surface area contributed by atoms with Crippen molar-refractivity contribution in [3.63, 3.8) is 0 Å². The SMILES string of the molecule is CC(CCCN)C(=O)NCc1cccc(Br)c1. The third-order valence-electron chi connectivity index (χ3n) is 2.64. The predicted octanol–water partition coefficient (Wildman–Crippen LogP) is 2.44. The van der Waals surface area contributed by atoms with Crippen LogP contribution in [0.1, 0.15) is 25.3 Å². The molecule has 0 saturated carbocycles. The van der Waals surface area contributed by atoms with Crippen molar-refractivity contribution >= 4 is 21.8 Å². The standard InChI is InChI=1S/C13H19BrN2O/c1-10(4-3-7-15)13(17)16-9-11-5-2-6-12(14)8-11/h2,5-6,8,10H,3-4,7,9,15H2,1H3,(H,16,17). The van der Waals surface area contributed by atoms with Crippen molar-refractivity contribution in [2.75, 3.05) is 6.54 Å². The molecule has 1 aromatic rings. The maximum Gasteiger partial charge on any atom is 0.223 e. The first-order valence-corrected chi connectivity index (χ1v) is 6.65. The van der Waals surface area contributed by atoms with Gasteiger partial charge < -0.3 is 11.1 Å². The lowest BCUT2D eigenvalue weighted by molar-refractivity contribution is -0.124. The number of nitrogens with one attached hydrogen (secondary N) is 1. The molecule has 94 valence electrons. The van der Waals surface area contributed by atoms with Gasteiger partial charge in [0.1, 0.15) is 0 Å². The summed E-state index contributed by atoms with van der Waals surface area (Å²) in [6.07, 6.45) is 1.74. The normalized spacial score (nSPS) is 12.2. The molecule has 3 N–H and O–H groups in total. The Kier molecular flexibility index (Phi) is 6.22. The first-order chi connectivity index (χ1) is 8.13. The van der Waals surface area contributed by atoms with E-state index in [1.807, 2.05) is 31.2 Å². The van der Waals surface area contributed by atoms with Crippen molar-refractivity contribution < 1.29 is 4.79 Å². The van der Waals surface area contributed by atoms with Crippen LogP contribution in [-0.2, 0) is 11.3 Å². The lowest BCUT2D eigenvalue weighted by Gasteiger charge is -2.11. The number of amides is 1. The summed E-state index contributed by atoms with van der Waals surface area (Å²) in [4.78, 5) is 11.7. The molecule has 3 nitrogen and oxygen atoms in total. The molecule has 1 rings (SSSR count). The van der Waals surface area contributed by atoms with E-state index in [2.05, 4.69) is 21.2 Å². The Bertz CT molecular complexity index is 368. The molecule has 0 aliphatic carbocycles. The first-order valence-electron chi connectivity index (χ1n) is 5.85. The van der Waals surface area contributed by atoms with Crippen molar-refractivity contribution in [2.24, 2.45) is 11.7 Å². The Morgan fingerprint density at radius 3 is 2.94 bits per heavy atom. The van der Waals surface area contributed by atoms with E-state index in [9.17, 15) is 4.79 Å². The topological polar surface area (TPSA) is 55.1 Å². The highest BCUT2D eigenvalue weighted by atomic mass is 79.9. The van der Waals surface area contributed by atoms with Gasteiger partial charge in [0.05, 0.1) is 0 Å². The number of benzene rings is 1. The predicted molar refractivity (Wildman–Crippen MR) is 73.4 cm³/mol. The maximum absolute atomic E-state index is 11.7. The summed E-state index contributed by atoms with van der Waals surface area (Å²) in [6.45, 7) is 3.15. The lowest BCUT2D eigenvalue weighted by Crippen LogP contribution is -2.29. The van der Waals surface area contributed by atoms with Crippen LogP contribution < -0.4 is 11.1 Å². The number of carbonyl (C=O) groups excluding carboxylic acids is 1. The second-order valence-corrected chi connectivity index (χ2v) is 5.10. The third-order valence-corrected chi connectivity index (χ3v) is 3.14. The molecular formula is C13H19BrN2O. The zero-order valence-corrected chi connectivity index (χ0v) is 11.7. The Balaban J connectivity index is 2.37. The molecule has 0 aliphatic rings. The molecule has 0 bridgehead atoms. The summed E-state index contributed by atoms with van der Waals surface area (Å²) in [5.74, 6) is 0.129. The molecule has 1 amide bonds. The lowest BCUT2D eigenvalue weighted by atomic mass is 10.0. The molecule has 0 fully saturated rings. The van der Waals surface area contributed by atoms with E-state index >= 15 is 0 Å². The van der Waals surface area contributed by atoms with Gasteiger partial charge in [-0.05, 0) is 37.1 Å². The molecule has 0 radical (unpaired) electrons. The van der Waals surface area contributed by atoms with E-state index in [1.54, 1.807) is 0 Å². The van der Waals surface area contributed by atoms with E-state index in [0.29, 0.717) is 13.1 Å². The maximum atomic E-state index is 11.7. The molecule has 0 aromatic heterocycles. The molecule has 0 heterocycles. The zero-order chi connectivity index (χ0) is 12.7. The van der Waals surface area contributed by atoms with Gasteiger partial charge >= 0.3 is 0 Å². The van der Waals surface area contributed by atoms with Crippen LogP contribution in [0.4, 0.5) is 0 Å². The molecule has 1 unspecified atom stereocenters. The smallest absolute Gasteiger partial charge is 0.223 e. The van der Waals surface area contributed by atoms with Gasteiger partial charge in [0.2, 0.25) is 5.91 Å². The fourth-order valence-electron chi connectivity index (χ4n) is 1.57. The Morgan fingerprint density at radius 1 is 1.53 bits per heavy atom. The summed E-state index contributed by atoms with van der Waals surface area (Å²) in [5.41, 5.74) is 6.52. The molecule has 1 aromatic carbocycles. The highest BCUT2D eigenvalue weighted by Gasteiger charge is 2.11. The summed E-state index contributed by atoms with van der Waals surface area (Å²) in [6, 6.07) is 7.93. The highest BCUT2D eigenvalue weighted by Crippen LogP contribution is 2.12. The van der Waals surface area contributed by atoms with Crippen LogP contribution in [0.25, 0.3) is 0 Å². The quantitative estimate of drug-likeness (QED) is 0.847. The van der Waals surface area contributed by atoms with Gasteiger partial charge in [0, 0.05) is 16.9 Å². The van der Waals surface area contributed by atoms with Crippen LogP contribution in [0.2, 0.25) is 0 Å². The number of carbonyl (C=O) groups is 1. The second kappa shape index (κ2) is 7.45. The molecule has 4 heteroatoms. The fourth-order valence-corrected chi connectivity index (χ4v) is 2.01. The van der Waals surface area contributed by atoms with E-state index in [4.69, 9.17) is 5.73 Å². The molecule has 0 saturated heterocycles. The molecular weight excluding hydrogens is 280 g/mol. The van der Waals surface area contributed by atoms with Crippen molar-refractivity contribution in [3.05, 3.63) is 34.3 Å². The van der Waals surface area contributed by atoms with Crippen molar-refractivity contribution in [1.29, 1.82) is 0 Å². The van der Waals surface area contributed by atoms with Gasteiger partial charge in [-0.1, -0.05) is 35.0 Å². The van der Waals surface area contributed by atoms with Gasteiger partial charge in [0.15, 0.2) is 0 Å². The molecule has 0 aliphatic heterocycles. The number of halogens is 1. The summed E-state index contributed by atoms with van der Waals surface area (Å²) < 4.78 is 1.03. The Morgan fingerprint density at radius 2 is 2.29 bits per heavy atom. The minimum atomic E-state index is 0.0331.